The number of aromatic nitrogens is 1. The molecule has 150 valence electrons. The molecular formula is C22H23N3O3S. The minimum atomic E-state index is -3.58. The van der Waals surface area contributed by atoms with Crippen LogP contribution in [0.15, 0.2) is 71.9 Å². The Morgan fingerprint density at radius 3 is 2.17 bits per heavy atom. The fourth-order valence-corrected chi connectivity index (χ4v) is 3.99. The fraction of sp³-hybridized carbons (Fsp3) is 0.182. The third-order valence-corrected chi connectivity index (χ3v) is 6.00. The van der Waals surface area contributed by atoms with E-state index < -0.39 is 10.0 Å². The van der Waals surface area contributed by atoms with Gasteiger partial charge in [-0.05, 0) is 65.9 Å². The van der Waals surface area contributed by atoms with Gasteiger partial charge in [-0.15, -0.1) is 0 Å². The van der Waals surface area contributed by atoms with Gasteiger partial charge in [-0.1, -0.05) is 24.3 Å². The topological polar surface area (TPSA) is 88.2 Å². The van der Waals surface area contributed by atoms with E-state index >= 15 is 0 Å². The number of aryl methyl sites for hydroxylation is 1. The van der Waals surface area contributed by atoms with Crippen LogP contribution in [-0.2, 0) is 21.2 Å². The molecule has 0 saturated heterocycles. The van der Waals surface area contributed by atoms with E-state index in [1.807, 2.05) is 37.3 Å². The van der Waals surface area contributed by atoms with Crippen LogP contribution in [0.4, 0.5) is 5.69 Å². The van der Waals surface area contributed by atoms with E-state index in [-0.39, 0.29) is 10.8 Å². The summed E-state index contributed by atoms with van der Waals surface area (Å²) in [5, 5.41) is 2.72. The van der Waals surface area contributed by atoms with Crippen LogP contribution in [0.3, 0.4) is 0 Å². The van der Waals surface area contributed by atoms with E-state index in [0.717, 1.165) is 22.3 Å². The van der Waals surface area contributed by atoms with Crippen molar-refractivity contribution in [1.82, 2.24) is 9.71 Å². The van der Waals surface area contributed by atoms with E-state index in [2.05, 4.69) is 15.0 Å². The van der Waals surface area contributed by atoms with Gasteiger partial charge in [0.2, 0.25) is 15.9 Å². The number of rotatable bonds is 7. The van der Waals surface area contributed by atoms with E-state index in [4.69, 9.17) is 0 Å². The van der Waals surface area contributed by atoms with Crippen LogP contribution in [0, 0.1) is 6.92 Å². The standard InChI is InChI=1S/C22H23N3O3S/c1-16-15-23-13-11-18(16)12-14-24-29(27,28)22-9-5-20(6-10-22)19-3-7-21(8-4-19)25-17(2)26/h3-11,13,15,24H,12,14H2,1-2H3,(H,25,26). The highest BCUT2D eigenvalue weighted by Crippen LogP contribution is 2.23. The van der Waals surface area contributed by atoms with E-state index in [9.17, 15) is 13.2 Å². The van der Waals surface area contributed by atoms with Crippen LogP contribution in [-0.4, -0.2) is 25.9 Å². The van der Waals surface area contributed by atoms with Gasteiger partial charge >= 0.3 is 0 Å². The van der Waals surface area contributed by atoms with Gasteiger partial charge in [-0.3, -0.25) is 9.78 Å². The van der Waals surface area contributed by atoms with E-state index in [0.29, 0.717) is 18.7 Å². The summed E-state index contributed by atoms with van der Waals surface area (Å²) in [5.41, 5.74) is 4.66. The molecule has 0 saturated carbocycles. The Kier molecular flexibility index (Phi) is 6.41. The van der Waals surface area contributed by atoms with Crippen LogP contribution < -0.4 is 10.0 Å². The number of sulfonamides is 1. The molecule has 3 aromatic rings. The molecule has 7 heteroatoms. The number of carbonyl (C=O) groups excluding carboxylic acids is 1. The highest BCUT2D eigenvalue weighted by Gasteiger charge is 2.13. The molecule has 3 rings (SSSR count). The van der Waals surface area contributed by atoms with Crippen molar-refractivity contribution in [2.75, 3.05) is 11.9 Å². The number of anilines is 1. The number of nitrogens with one attached hydrogen (secondary N) is 2. The van der Waals surface area contributed by atoms with Gasteiger partial charge in [0.05, 0.1) is 4.90 Å². The van der Waals surface area contributed by atoms with Crippen molar-refractivity contribution in [2.45, 2.75) is 25.2 Å². The molecule has 0 spiro atoms. The molecule has 6 nitrogen and oxygen atoms in total. The Hall–Kier alpha value is -3.03. The summed E-state index contributed by atoms with van der Waals surface area (Å²) in [5.74, 6) is -0.126. The van der Waals surface area contributed by atoms with Crippen molar-refractivity contribution < 1.29 is 13.2 Å². The van der Waals surface area contributed by atoms with Crippen molar-refractivity contribution in [3.63, 3.8) is 0 Å². The number of hydrogen-bond donors (Lipinski definition) is 2. The Balaban J connectivity index is 1.65. The zero-order valence-corrected chi connectivity index (χ0v) is 17.2. The zero-order valence-electron chi connectivity index (χ0n) is 16.3. The molecule has 0 aliphatic rings. The Morgan fingerprint density at radius 2 is 1.59 bits per heavy atom. The Bertz CT molecular complexity index is 1090. The monoisotopic (exact) mass is 409 g/mol. The lowest BCUT2D eigenvalue weighted by molar-refractivity contribution is -0.114. The minimum absolute atomic E-state index is 0.126. The number of carbonyl (C=O) groups is 1. The zero-order chi connectivity index (χ0) is 20.9. The predicted octanol–water partition coefficient (Wildman–Crippen LogP) is 3.54. The molecule has 2 aromatic carbocycles. The maximum absolute atomic E-state index is 12.5. The van der Waals surface area contributed by atoms with Gasteiger partial charge in [0, 0.05) is 31.5 Å². The van der Waals surface area contributed by atoms with Crippen LogP contribution in [0.25, 0.3) is 11.1 Å². The third-order valence-electron chi connectivity index (χ3n) is 4.53. The summed E-state index contributed by atoms with van der Waals surface area (Å²) < 4.78 is 27.7. The molecule has 29 heavy (non-hydrogen) atoms. The van der Waals surface area contributed by atoms with E-state index in [1.165, 1.54) is 6.92 Å². The molecule has 1 heterocycles. The molecule has 1 amide bonds. The van der Waals surface area contributed by atoms with Gasteiger partial charge in [0.1, 0.15) is 0 Å². The van der Waals surface area contributed by atoms with E-state index in [1.54, 1.807) is 36.7 Å². The van der Waals surface area contributed by atoms with Gasteiger partial charge in [0.15, 0.2) is 0 Å². The lowest BCUT2D eigenvalue weighted by Gasteiger charge is -2.09. The Morgan fingerprint density at radius 1 is 0.966 bits per heavy atom. The number of amides is 1. The number of nitrogens with zero attached hydrogens (tertiary/aromatic N) is 1. The first kappa shape index (κ1) is 20.7. The number of benzene rings is 2. The smallest absolute Gasteiger partial charge is 0.240 e. The molecular weight excluding hydrogens is 386 g/mol. The summed E-state index contributed by atoms with van der Waals surface area (Å²) in [4.78, 5) is 15.4. The van der Waals surface area contributed by atoms with Crippen molar-refractivity contribution in [1.29, 1.82) is 0 Å². The van der Waals surface area contributed by atoms with Gasteiger partial charge in [0.25, 0.3) is 0 Å². The first-order valence-corrected chi connectivity index (χ1v) is 10.7. The lowest BCUT2D eigenvalue weighted by atomic mass is 10.1. The molecule has 1 aromatic heterocycles. The summed E-state index contributed by atoms with van der Waals surface area (Å²) in [6, 6.07) is 16.0. The highest BCUT2D eigenvalue weighted by atomic mass is 32.2. The predicted molar refractivity (Wildman–Crippen MR) is 114 cm³/mol. The molecule has 0 aliphatic carbocycles. The molecule has 0 fully saturated rings. The van der Waals surface area contributed by atoms with Gasteiger partial charge < -0.3 is 5.32 Å². The maximum atomic E-state index is 12.5. The number of pyridine rings is 1. The third kappa shape index (κ3) is 5.49. The summed E-state index contributed by atoms with van der Waals surface area (Å²) >= 11 is 0. The van der Waals surface area contributed by atoms with Crippen molar-refractivity contribution in [2.24, 2.45) is 0 Å². The molecule has 0 bridgehead atoms. The minimum Gasteiger partial charge on any atom is -0.326 e. The first-order valence-electron chi connectivity index (χ1n) is 9.22. The molecule has 0 atom stereocenters. The van der Waals surface area contributed by atoms with Crippen molar-refractivity contribution >= 4 is 21.6 Å². The summed E-state index contributed by atoms with van der Waals surface area (Å²) in [6.07, 6.45) is 4.08. The largest absolute Gasteiger partial charge is 0.326 e. The molecule has 0 aliphatic heterocycles. The van der Waals surface area contributed by atoms with Crippen LogP contribution in [0.2, 0.25) is 0 Å². The average molecular weight is 410 g/mol. The fourth-order valence-electron chi connectivity index (χ4n) is 2.96. The van der Waals surface area contributed by atoms with Crippen molar-refractivity contribution in [3.05, 3.63) is 78.1 Å². The quantitative estimate of drug-likeness (QED) is 0.625. The van der Waals surface area contributed by atoms with Crippen LogP contribution >= 0.6 is 0 Å². The second kappa shape index (κ2) is 8.98. The van der Waals surface area contributed by atoms with Gasteiger partial charge in [-0.25, -0.2) is 13.1 Å². The average Bonchev–Trinajstić information content (AvgIpc) is 2.70. The molecule has 2 N–H and O–H groups in total. The van der Waals surface area contributed by atoms with Crippen LogP contribution in [0.1, 0.15) is 18.1 Å². The maximum Gasteiger partial charge on any atom is 0.240 e. The van der Waals surface area contributed by atoms with Crippen molar-refractivity contribution in [3.8, 4) is 11.1 Å². The highest BCUT2D eigenvalue weighted by molar-refractivity contribution is 7.89. The van der Waals surface area contributed by atoms with Crippen LogP contribution in [0.5, 0.6) is 0 Å². The first-order chi connectivity index (χ1) is 13.8. The molecule has 0 unspecified atom stereocenters. The SMILES string of the molecule is CC(=O)Nc1ccc(-c2ccc(S(=O)(=O)NCCc3ccncc3C)cc2)cc1. The summed E-state index contributed by atoms with van der Waals surface area (Å²) in [6.45, 7) is 3.73. The van der Waals surface area contributed by atoms with Gasteiger partial charge in [-0.2, -0.15) is 0 Å². The Labute approximate surface area is 171 Å². The second-order valence-corrected chi connectivity index (χ2v) is 8.50. The number of hydrogen-bond acceptors (Lipinski definition) is 4. The second-order valence-electron chi connectivity index (χ2n) is 6.73. The summed E-state index contributed by atoms with van der Waals surface area (Å²) in [7, 11) is -3.58. The lowest BCUT2D eigenvalue weighted by Crippen LogP contribution is -2.26. The molecule has 0 radical (unpaired) electrons. The normalized spacial score (nSPS) is 11.2.